The number of anilines is 1. The molecule has 0 radical (unpaired) electrons. The van der Waals surface area contributed by atoms with Gasteiger partial charge >= 0.3 is 6.18 Å². The van der Waals surface area contributed by atoms with Crippen LogP contribution in [-0.2, 0) is 11.0 Å². The number of rotatable bonds is 4. The second-order valence-electron chi connectivity index (χ2n) is 5.11. The van der Waals surface area contributed by atoms with Crippen LogP contribution in [0.15, 0.2) is 59.9 Å². The molecule has 0 spiro atoms. The van der Waals surface area contributed by atoms with Gasteiger partial charge in [0.15, 0.2) is 0 Å². The van der Waals surface area contributed by atoms with Gasteiger partial charge in [0.2, 0.25) is 5.91 Å². The van der Waals surface area contributed by atoms with Gasteiger partial charge in [0.1, 0.15) is 11.4 Å². The summed E-state index contributed by atoms with van der Waals surface area (Å²) in [6.07, 6.45) is -2.97. The Balaban J connectivity index is 1.63. The number of benzene rings is 2. The van der Waals surface area contributed by atoms with Gasteiger partial charge < -0.3 is 5.32 Å². The summed E-state index contributed by atoms with van der Waals surface area (Å²) >= 11 is 1.24. The van der Waals surface area contributed by atoms with Crippen molar-refractivity contribution < 1.29 is 18.0 Å². The third kappa shape index (κ3) is 4.27. The van der Waals surface area contributed by atoms with Crippen molar-refractivity contribution in [2.75, 3.05) is 11.1 Å². The highest BCUT2D eigenvalue weighted by molar-refractivity contribution is 8.00. The summed E-state index contributed by atoms with van der Waals surface area (Å²) in [5, 5.41) is 4.09. The highest BCUT2D eigenvalue weighted by Crippen LogP contribution is 2.30. The van der Waals surface area contributed by atoms with E-state index in [0.717, 1.165) is 23.0 Å². The minimum atomic E-state index is -4.40. The van der Waals surface area contributed by atoms with Crippen molar-refractivity contribution in [1.82, 2.24) is 9.97 Å². The maximum absolute atomic E-state index is 12.5. The van der Waals surface area contributed by atoms with E-state index in [-0.39, 0.29) is 11.7 Å². The van der Waals surface area contributed by atoms with Crippen LogP contribution in [0.5, 0.6) is 0 Å². The van der Waals surface area contributed by atoms with Crippen LogP contribution in [0, 0.1) is 0 Å². The quantitative estimate of drug-likeness (QED) is 0.552. The number of alkyl halides is 3. The fourth-order valence-electron chi connectivity index (χ4n) is 2.17. The number of hydrogen-bond acceptors (Lipinski definition) is 4. The number of carbonyl (C=O) groups is 1. The molecule has 1 N–H and O–H groups in total. The Kier molecular flexibility index (Phi) is 4.89. The first-order chi connectivity index (χ1) is 11.9. The summed E-state index contributed by atoms with van der Waals surface area (Å²) < 4.78 is 37.5. The fourth-order valence-corrected chi connectivity index (χ4v) is 2.96. The number of nitrogens with zero attached hydrogens (tertiary/aromatic N) is 2. The van der Waals surface area contributed by atoms with Crippen LogP contribution in [0.3, 0.4) is 0 Å². The summed E-state index contributed by atoms with van der Waals surface area (Å²) in [5.74, 6) is -0.241. The molecule has 128 valence electrons. The summed E-state index contributed by atoms with van der Waals surface area (Å²) in [6, 6.07) is 11.8. The number of aromatic nitrogens is 2. The van der Waals surface area contributed by atoms with E-state index in [4.69, 9.17) is 0 Å². The van der Waals surface area contributed by atoms with Crippen LogP contribution in [0.2, 0.25) is 0 Å². The maximum atomic E-state index is 12.5. The Labute approximate surface area is 145 Å². The first-order valence-electron chi connectivity index (χ1n) is 7.23. The number of fused-ring (bicyclic) bond motifs is 1. The van der Waals surface area contributed by atoms with Gasteiger partial charge in [-0.25, -0.2) is 9.97 Å². The van der Waals surface area contributed by atoms with Crippen molar-refractivity contribution in [2.24, 2.45) is 0 Å². The highest BCUT2D eigenvalue weighted by Gasteiger charge is 2.29. The molecule has 1 aromatic heterocycles. The molecule has 0 atom stereocenters. The number of halogens is 3. The van der Waals surface area contributed by atoms with Gasteiger partial charge in [0.25, 0.3) is 0 Å². The first-order valence-corrected chi connectivity index (χ1v) is 8.22. The molecule has 3 rings (SSSR count). The molecule has 8 heteroatoms. The van der Waals surface area contributed by atoms with E-state index < -0.39 is 11.7 Å². The molecule has 0 fully saturated rings. The minimum Gasteiger partial charge on any atom is -0.325 e. The lowest BCUT2D eigenvalue weighted by Gasteiger charge is -2.09. The van der Waals surface area contributed by atoms with Crippen molar-refractivity contribution in [3.8, 4) is 0 Å². The summed E-state index contributed by atoms with van der Waals surface area (Å²) in [4.78, 5) is 20.3. The smallest absolute Gasteiger partial charge is 0.325 e. The third-order valence-electron chi connectivity index (χ3n) is 3.34. The normalized spacial score (nSPS) is 11.5. The van der Waals surface area contributed by atoms with E-state index in [1.165, 1.54) is 30.2 Å². The SMILES string of the molecule is O=C(CSc1ncnc2ccccc12)Nc1ccc(C(F)(F)F)cc1. The van der Waals surface area contributed by atoms with Crippen molar-refractivity contribution in [3.63, 3.8) is 0 Å². The molecule has 1 amide bonds. The van der Waals surface area contributed by atoms with Crippen LogP contribution in [-0.4, -0.2) is 21.6 Å². The van der Waals surface area contributed by atoms with Gasteiger partial charge in [-0.1, -0.05) is 30.0 Å². The topological polar surface area (TPSA) is 54.9 Å². The molecule has 2 aromatic carbocycles. The maximum Gasteiger partial charge on any atom is 0.416 e. The van der Waals surface area contributed by atoms with Crippen LogP contribution in [0.1, 0.15) is 5.56 Å². The molecule has 0 saturated carbocycles. The van der Waals surface area contributed by atoms with Crippen LogP contribution < -0.4 is 5.32 Å². The lowest BCUT2D eigenvalue weighted by atomic mass is 10.2. The Morgan fingerprint density at radius 1 is 1.04 bits per heavy atom. The predicted molar refractivity (Wildman–Crippen MR) is 90.3 cm³/mol. The van der Waals surface area contributed by atoms with E-state index in [1.807, 2.05) is 24.3 Å². The lowest BCUT2D eigenvalue weighted by Crippen LogP contribution is -2.14. The number of thioether (sulfide) groups is 1. The first kappa shape index (κ1) is 17.2. The molecule has 25 heavy (non-hydrogen) atoms. The molecule has 0 unspecified atom stereocenters. The average Bonchev–Trinajstić information content (AvgIpc) is 2.59. The molecule has 0 aliphatic rings. The van der Waals surface area contributed by atoms with Crippen LogP contribution in [0.25, 0.3) is 10.9 Å². The molecular formula is C17H12F3N3OS. The zero-order valence-electron chi connectivity index (χ0n) is 12.7. The van der Waals surface area contributed by atoms with E-state index >= 15 is 0 Å². The highest BCUT2D eigenvalue weighted by atomic mass is 32.2. The van der Waals surface area contributed by atoms with Crippen molar-refractivity contribution in [2.45, 2.75) is 11.2 Å². The van der Waals surface area contributed by atoms with Crippen LogP contribution in [0.4, 0.5) is 18.9 Å². The number of para-hydroxylation sites is 1. The standard InChI is InChI=1S/C17H12F3N3OS/c18-17(19,20)11-5-7-12(8-6-11)23-15(24)9-25-16-13-3-1-2-4-14(13)21-10-22-16/h1-8,10H,9H2,(H,23,24). The van der Waals surface area contributed by atoms with E-state index in [0.29, 0.717) is 10.7 Å². The second kappa shape index (κ2) is 7.10. The Morgan fingerprint density at radius 3 is 2.48 bits per heavy atom. The molecule has 0 bridgehead atoms. The van der Waals surface area contributed by atoms with Gasteiger partial charge in [-0.3, -0.25) is 4.79 Å². The summed E-state index contributed by atoms with van der Waals surface area (Å²) in [7, 11) is 0. The molecule has 0 aliphatic carbocycles. The average molecular weight is 363 g/mol. The summed E-state index contributed by atoms with van der Waals surface area (Å²) in [6.45, 7) is 0. The number of hydrogen-bond donors (Lipinski definition) is 1. The zero-order valence-corrected chi connectivity index (χ0v) is 13.6. The molecule has 0 aliphatic heterocycles. The number of nitrogens with one attached hydrogen (secondary N) is 1. The molecule has 1 heterocycles. The second-order valence-corrected chi connectivity index (χ2v) is 6.07. The van der Waals surface area contributed by atoms with Crippen molar-refractivity contribution >= 4 is 34.3 Å². The van der Waals surface area contributed by atoms with Crippen molar-refractivity contribution in [3.05, 3.63) is 60.4 Å². The Bertz CT molecular complexity index is 892. The summed E-state index contributed by atoms with van der Waals surface area (Å²) in [5.41, 5.74) is 0.335. The number of amides is 1. The van der Waals surface area contributed by atoms with E-state index in [1.54, 1.807) is 0 Å². The van der Waals surface area contributed by atoms with Gasteiger partial charge in [0, 0.05) is 11.1 Å². The van der Waals surface area contributed by atoms with Gasteiger partial charge in [-0.2, -0.15) is 13.2 Å². The van der Waals surface area contributed by atoms with E-state index in [2.05, 4.69) is 15.3 Å². The Morgan fingerprint density at radius 2 is 1.76 bits per heavy atom. The monoisotopic (exact) mass is 363 g/mol. The van der Waals surface area contributed by atoms with Crippen LogP contribution >= 0.6 is 11.8 Å². The minimum absolute atomic E-state index is 0.0853. The molecule has 0 saturated heterocycles. The number of carbonyl (C=O) groups excluding carboxylic acids is 1. The predicted octanol–water partition coefficient (Wildman–Crippen LogP) is 4.38. The van der Waals surface area contributed by atoms with Crippen molar-refractivity contribution in [1.29, 1.82) is 0 Å². The van der Waals surface area contributed by atoms with Gasteiger partial charge in [0.05, 0.1) is 16.8 Å². The zero-order chi connectivity index (χ0) is 17.9. The van der Waals surface area contributed by atoms with Gasteiger partial charge in [-0.15, -0.1) is 0 Å². The van der Waals surface area contributed by atoms with E-state index in [9.17, 15) is 18.0 Å². The largest absolute Gasteiger partial charge is 0.416 e. The molecule has 3 aromatic rings. The molecular weight excluding hydrogens is 351 g/mol. The fraction of sp³-hybridized carbons (Fsp3) is 0.118. The Hall–Kier alpha value is -2.61. The van der Waals surface area contributed by atoms with Gasteiger partial charge in [-0.05, 0) is 30.3 Å². The third-order valence-corrected chi connectivity index (χ3v) is 4.35. The lowest BCUT2D eigenvalue weighted by molar-refractivity contribution is -0.137. The molecule has 4 nitrogen and oxygen atoms in total.